The van der Waals surface area contributed by atoms with Crippen LogP contribution in [0.15, 0.2) is 30.5 Å². The average Bonchev–Trinajstić information content (AvgIpc) is 3.06. The first-order valence-corrected chi connectivity index (χ1v) is 5.83. The molecule has 0 aromatic carbocycles. The van der Waals surface area contributed by atoms with Gasteiger partial charge in [-0.25, -0.2) is 11.0 Å². The van der Waals surface area contributed by atoms with Crippen LogP contribution in [0.2, 0.25) is 0 Å². The van der Waals surface area contributed by atoms with Crippen LogP contribution in [0.5, 0.6) is 0 Å². The summed E-state index contributed by atoms with van der Waals surface area (Å²) in [5.41, 5.74) is 4.16. The molecule has 2 amide bonds. The molecule has 2 heterocycles. The van der Waals surface area contributed by atoms with Crippen LogP contribution < -0.4 is 11.0 Å². The van der Waals surface area contributed by atoms with Crippen molar-refractivity contribution < 1.29 is 14.5 Å². The van der Waals surface area contributed by atoms with E-state index in [9.17, 15) is 9.59 Å². The zero-order chi connectivity index (χ0) is 15.4. The highest BCUT2D eigenvalue weighted by atomic mass is 16.8. The van der Waals surface area contributed by atoms with Crippen molar-refractivity contribution in [3.63, 3.8) is 0 Å². The van der Waals surface area contributed by atoms with Crippen LogP contribution in [0, 0.1) is 0 Å². The van der Waals surface area contributed by atoms with E-state index in [2.05, 4.69) is 26.9 Å². The van der Waals surface area contributed by atoms with E-state index in [0.29, 0.717) is 5.82 Å². The van der Waals surface area contributed by atoms with Crippen LogP contribution in [0.4, 0.5) is 0 Å². The molecule has 0 spiro atoms. The molecule has 0 atom stereocenters. The quantitative estimate of drug-likeness (QED) is 0.554. The Kier molecular flexibility index (Phi) is 4.09. The molecule has 2 aromatic rings. The van der Waals surface area contributed by atoms with Crippen LogP contribution >= 0.6 is 0 Å². The Balaban J connectivity index is 1.95. The van der Waals surface area contributed by atoms with Crippen molar-refractivity contribution >= 4 is 11.8 Å². The van der Waals surface area contributed by atoms with Gasteiger partial charge in [0.2, 0.25) is 0 Å². The number of nitrogens with one attached hydrogen (secondary N) is 2. The first kappa shape index (κ1) is 14.4. The van der Waals surface area contributed by atoms with Crippen molar-refractivity contribution in [3.8, 4) is 5.82 Å². The standard InChI is InChI=1S/C11H13N7O3/c1-7(2)10(19)14-21-15-11(20)9-12-16-18(13-9)8-5-4-6-17(8)3/h4-6H,1H2,2-3H3,(H,14,19)(H,15,20). The van der Waals surface area contributed by atoms with Gasteiger partial charge < -0.3 is 4.57 Å². The fraction of sp³-hybridized carbons (Fsp3) is 0.182. The molecule has 10 heteroatoms. The topological polar surface area (TPSA) is 116 Å². The summed E-state index contributed by atoms with van der Waals surface area (Å²) in [5.74, 6) is -0.882. The zero-order valence-electron chi connectivity index (χ0n) is 11.4. The lowest BCUT2D eigenvalue weighted by atomic mass is 10.3. The summed E-state index contributed by atoms with van der Waals surface area (Å²) in [6.07, 6.45) is 1.80. The summed E-state index contributed by atoms with van der Waals surface area (Å²) in [5, 5.41) is 11.2. The van der Waals surface area contributed by atoms with E-state index in [1.54, 1.807) is 29.9 Å². The Labute approximate surface area is 119 Å². The maximum atomic E-state index is 11.7. The summed E-state index contributed by atoms with van der Waals surface area (Å²) in [7, 11) is 1.80. The second-order valence-corrected chi connectivity index (χ2v) is 4.12. The number of tetrazole rings is 1. The molecule has 0 saturated heterocycles. The number of hydrogen-bond donors (Lipinski definition) is 2. The van der Waals surface area contributed by atoms with Gasteiger partial charge in [-0.1, -0.05) is 6.58 Å². The largest absolute Gasteiger partial charge is 0.335 e. The fourth-order valence-corrected chi connectivity index (χ4v) is 1.31. The summed E-state index contributed by atoms with van der Waals surface area (Å²) in [6, 6.07) is 3.56. The maximum absolute atomic E-state index is 11.7. The normalized spacial score (nSPS) is 10.2. The number of carbonyl (C=O) groups is 2. The van der Waals surface area contributed by atoms with E-state index in [1.807, 2.05) is 11.0 Å². The Hall–Kier alpha value is -3.01. The van der Waals surface area contributed by atoms with Crippen molar-refractivity contribution in [3.05, 3.63) is 36.3 Å². The highest BCUT2D eigenvalue weighted by Gasteiger charge is 2.15. The molecule has 0 aliphatic carbocycles. The zero-order valence-corrected chi connectivity index (χ0v) is 11.4. The predicted octanol–water partition coefficient (Wildman–Crippen LogP) is -0.730. The summed E-state index contributed by atoms with van der Waals surface area (Å²) >= 11 is 0. The minimum Gasteiger partial charge on any atom is -0.335 e. The van der Waals surface area contributed by atoms with Gasteiger partial charge >= 0.3 is 5.91 Å². The van der Waals surface area contributed by atoms with Crippen molar-refractivity contribution in [2.24, 2.45) is 7.05 Å². The molecule has 0 unspecified atom stereocenters. The number of nitrogens with zero attached hydrogens (tertiary/aromatic N) is 5. The molecule has 21 heavy (non-hydrogen) atoms. The molecule has 0 saturated carbocycles. The number of aromatic nitrogens is 5. The SMILES string of the molecule is C=C(C)C(=O)NONC(=O)c1nnn(-c2cccn2C)n1. The lowest BCUT2D eigenvalue weighted by Gasteiger charge is -2.03. The smallest absolute Gasteiger partial charge is 0.318 e. The second kappa shape index (κ2) is 5.96. The third-order valence-corrected chi connectivity index (χ3v) is 2.41. The van der Waals surface area contributed by atoms with E-state index in [0.717, 1.165) is 0 Å². The number of hydrogen-bond acceptors (Lipinski definition) is 6. The molecule has 0 aliphatic heterocycles. The number of rotatable bonds is 5. The molecule has 2 N–H and O–H groups in total. The van der Waals surface area contributed by atoms with Gasteiger partial charge in [0.25, 0.3) is 11.7 Å². The fourth-order valence-electron chi connectivity index (χ4n) is 1.31. The first-order valence-electron chi connectivity index (χ1n) is 5.83. The number of hydroxylamine groups is 2. The highest BCUT2D eigenvalue weighted by Crippen LogP contribution is 2.03. The third kappa shape index (κ3) is 3.30. The molecule has 2 rings (SSSR count). The maximum Gasteiger partial charge on any atom is 0.318 e. The Morgan fingerprint density at radius 1 is 1.38 bits per heavy atom. The lowest BCUT2D eigenvalue weighted by molar-refractivity contribution is -0.133. The number of amides is 2. The van der Waals surface area contributed by atoms with Crippen molar-refractivity contribution in [1.29, 1.82) is 0 Å². The Morgan fingerprint density at radius 3 is 2.76 bits per heavy atom. The van der Waals surface area contributed by atoms with E-state index in [1.165, 1.54) is 11.7 Å². The minimum absolute atomic E-state index is 0.208. The lowest BCUT2D eigenvalue weighted by Crippen LogP contribution is -2.35. The molecule has 0 aliphatic rings. The van der Waals surface area contributed by atoms with Gasteiger partial charge in [0.05, 0.1) is 0 Å². The molecule has 2 aromatic heterocycles. The van der Waals surface area contributed by atoms with Crippen LogP contribution in [0.25, 0.3) is 5.82 Å². The van der Waals surface area contributed by atoms with Crippen molar-refractivity contribution in [2.45, 2.75) is 6.92 Å². The first-order chi connectivity index (χ1) is 9.99. The van der Waals surface area contributed by atoms with Crippen LogP contribution in [0.3, 0.4) is 0 Å². The Bertz CT molecular complexity index is 688. The monoisotopic (exact) mass is 291 g/mol. The Morgan fingerprint density at radius 2 is 2.14 bits per heavy atom. The molecule has 10 nitrogen and oxygen atoms in total. The van der Waals surface area contributed by atoms with E-state index in [4.69, 9.17) is 0 Å². The van der Waals surface area contributed by atoms with Crippen LogP contribution in [-0.2, 0) is 16.8 Å². The van der Waals surface area contributed by atoms with E-state index >= 15 is 0 Å². The van der Waals surface area contributed by atoms with Crippen molar-refractivity contribution in [1.82, 2.24) is 35.7 Å². The van der Waals surface area contributed by atoms with Gasteiger partial charge in [-0.05, 0) is 24.3 Å². The van der Waals surface area contributed by atoms with E-state index < -0.39 is 11.8 Å². The molecular formula is C11H13N7O3. The van der Waals surface area contributed by atoms with Crippen LogP contribution in [-0.4, -0.2) is 36.6 Å². The number of carbonyl (C=O) groups excluding carboxylic acids is 2. The molecule has 0 fully saturated rings. The highest BCUT2D eigenvalue weighted by molar-refractivity contribution is 5.92. The van der Waals surface area contributed by atoms with Gasteiger partial charge in [0.15, 0.2) is 5.82 Å². The van der Waals surface area contributed by atoms with Gasteiger partial charge in [-0.2, -0.15) is 4.94 Å². The summed E-state index contributed by atoms with van der Waals surface area (Å²) < 4.78 is 1.76. The summed E-state index contributed by atoms with van der Waals surface area (Å²) in [4.78, 5) is 28.5. The van der Waals surface area contributed by atoms with Gasteiger partial charge in [-0.15, -0.1) is 15.0 Å². The molecule has 110 valence electrons. The predicted molar refractivity (Wildman–Crippen MR) is 69.6 cm³/mol. The van der Waals surface area contributed by atoms with Crippen LogP contribution in [0.1, 0.15) is 17.5 Å². The molecule has 0 radical (unpaired) electrons. The van der Waals surface area contributed by atoms with Gasteiger partial charge in [-0.3, -0.25) is 9.59 Å². The third-order valence-electron chi connectivity index (χ3n) is 2.41. The van der Waals surface area contributed by atoms with Gasteiger partial charge in [0.1, 0.15) is 0 Å². The van der Waals surface area contributed by atoms with Gasteiger partial charge in [0, 0.05) is 18.8 Å². The molecular weight excluding hydrogens is 278 g/mol. The minimum atomic E-state index is -0.752. The number of aryl methyl sites for hydroxylation is 1. The second-order valence-electron chi connectivity index (χ2n) is 4.12. The average molecular weight is 291 g/mol. The van der Waals surface area contributed by atoms with Crippen molar-refractivity contribution in [2.75, 3.05) is 0 Å². The summed E-state index contributed by atoms with van der Waals surface area (Å²) in [6.45, 7) is 4.90. The molecule has 0 bridgehead atoms. The van der Waals surface area contributed by atoms with E-state index in [-0.39, 0.29) is 11.4 Å².